The smallest absolute Gasteiger partial charge is 0.195 e. The quantitative estimate of drug-likeness (QED) is 0.607. The number of guanidine groups is 1. The second-order valence-electron chi connectivity index (χ2n) is 5.11. The lowest BCUT2D eigenvalue weighted by molar-refractivity contribution is 0.479. The van der Waals surface area contributed by atoms with Crippen LogP contribution < -0.4 is 0 Å². The van der Waals surface area contributed by atoms with Crippen molar-refractivity contribution in [3.8, 4) is 0 Å². The molecule has 2 aromatic rings. The van der Waals surface area contributed by atoms with Gasteiger partial charge < -0.3 is 14.2 Å². The summed E-state index contributed by atoms with van der Waals surface area (Å²) in [6.45, 7) is 2.67. The molecule has 0 aliphatic carbocycles. The van der Waals surface area contributed by atoms with Crippen LogP contribution in [0.15, 0.2) is 29.5 Å². The van der Waals surface area contributed by atoms with Crippen molar-refractivity contribution in [2.24, 2.45) is 4.99 Å². The van der Waals surface area contributed by atoms with Crippen LogP contribution in [0.5, 0.6) is 0 Å². The van der Waals surface area contributed by atoms with Crippen molar-refractivity contribution in [2.45, 2.75) is 13.5 Å². The van der Waals surface area contributed by atoms with Gasteiger partial charge in [-0.05, 0) is 18.6 Å². The minimum Gasteiger partial charge on any atom is -0.349 e. The molecule has 0 aliphatic rings. The summed E-state index contributed by atoms with van der Waals surface area (Å²) in [6, 6.07) is 4.10. The molecule has 2 heterocycles. The van der Waals surface area contributed by atoms with E-state index in [9.17, 15) is 0 Å². The monoisotopic (exact) mass is 259 g/mol. The van der Waals surface area contributed by atoms with E-state index in [-0.39, 0.29) is 0 Å². The number of aliphatic imine (C=N–C) groups is 1. The maximum Gasteiger partial charge on any atom is 0.195 e. The first-order valence-corrected chi connectivity index (χ1v) is 6.30. The van der Waals surface area contributed by atoms with Crippen LogP contribution in [-0.4, -0.2) is 53.3 Å². The first kappa shape index (κ1) is 13.4. The molecule has 5 heteroatoms. The van der Waals surface area contributed by atoms with Gasteiger partial charge in [-0.3, -0.25) is 0 Å². The molecule has 0 fully saturated rings. The minimum absolute atomic E-state index is 0.590. The summed E-state index contributed by atoms with van der Waals surface area (Å²) in [4.78, 5) is 13.2. The fraction of sp³-hybridized carbons (Fsp3) is 0.429. The normalized spacial score (nSPS) is 10.6. The van der Waals surface area contributed by atoms with Crippen LogP contribution in [0.1, 0.15) is 11.3 Å². The summed E-state index contributed by atoms with van der Waals surface area (Å²) < 4.78 is 2.05. The molecule has 19 heavy (non-hydrogen) atoms. The number of rotatable bonds is 2. The predicted molar refractivity (Wildman–Crippen MR) is 78.4 cm³/mol. The SMILES string of the molecule is Cc1ccc2nc(CN=C(N(C)C)N(C)C)cn2c1. The van der Waals surface area contributed by atoms with Gasteiger partial charge in [-0.15, -0.1) is 0 Å². The van der Waals surface area contributed by atoms with E-state index < -0.39 is 0 Å². The number of aromatic nitrogens is 2. The Morgan fingerprint density at radius 2 is 1.84 bits per heavy atom. The van der Waals surface area contributed by atoms with Crippen molar-refractivity contribution in [3.05, 3.63) is 35.8 Å². The number of pyridine rings is 1. The van der Waals surface area contributed by atoms with Crippen molar-refractivity contribution in [2.75, 3.05) is 28.2 Å². The molecule has 0 spiro atoms. The number of hydrogen-bond donors (Lipinski definition) is 0. The fourth-order valence-corrected chi connectivity index (χ4v) is 2.07. The molecule has 0 saturated carbocycles. The molecule has 0 atom stereocenters. The Labute approximate surface area is 114 Å². The van der Waals surface area contributed by atoms with E-state index in [1.165, 1.54) is 5.56 Å². The highest BCUT2D eigenvalue weighted by atomic mass is 15.3. The number of imidazole rings is 1. The van der Waals surface area contributed by atoms with E-state index in [4.69, 9.17) is 0 Å². The number of hydrogen-bond acceptors (Lipinski definition) is 2. The van der Waals surface area contributed by atoms with Crippen LogP contribution in [0, 0.1) is 6.92 Å². The molecule has 0 N–H and O–H groups in total. The van der Waals surface area contributed by atoms with E-state index in [1.54, 1.807) is 0 Å². The van der Waals surface area contributed by atoms with Gasteiger partial charge in [0.2, 0.25) is 0 Å². The van der Waals surface area contributed by atoms with E-state index in [0.717, 1.165) is 17.3 Å². The van der Waals surface area contributed by atoms with Gasteiger partial charge in [0, 0.05) is 40.6 Å². The van der Waals surface area contributed by atoms with Crippen LogP contribution in [0.3, 0.4) is 0 Å². The highest BCUT2D eigenvalue weighted by molar-refractivity contribution is 5.79. The van der Waals surface area contributed by atoms with Gasteiger partial charge in [-0.25, -0.2) is 9.98 Å². The topological polar surface area (TPSA) is 36.1 Å². The first-order chi connectivity index (χ1) is 8.97. The first-order valence-electron chi connectivity index (χ1n) is 6.30. The minimum atomic E-state index is 0.590. The van der Waals surface area contributed by atoms with Crippen molar-refractivity contribution < 1.29 is 0 Å². The Morgan fingerprint density at radius 1 is 1.16 bits per heavy atom. The Morgan fingerprint density at radius 3 is 2.47 bits per heavy atom. The van der Waals surface area contributed by atoms with Gasteiger partial charge in [0.25, 0.3) is 0 Å². The Hall–Kier alpha value is -2.04. The van der Waals surface area contributed by atoms with Crippen LogP contribution in [-0.2, 0) is 6.54 Å². The average Bonchev–Trinajstić information content (AvgIpc) is 2.70. The second-order valence-corrected chi connectivity index (χ2v) is 5.11. The Kier molecular flexibility index (Phi) is 3.74. The summed E-state index contributed by atoms with van der Waals surface area (Å²) >= 11 is 0. The lowest BCUT2D eigenvalue weighted by Gasteiger charge is -2.22. The third kappa shape index (κ3) is 3.05. The molecule has 0 amide bonds. The largest absolute Gasteiger partial charge is 0.349 e. The Balaban J connectivity index is 2.23. The summed E-state index contributed by atoms with van der Waals surface area (Å²) in [6.07, 6.45) is 4.11. The van der Waals surface area contributed by atoms with Crippen molar-refractivity contribution in [1.82, 2.24) is 19.2 Å². The molecular weight excluding hydrogens is 238 g/mol. The third-order valence-electron chi connectivity index (χ3n) is 2.83. The number of aryl methyl sites for hydroxylation is 1. The molecule has 2 rings (SSSR count). The van der Waals surface area contributed by atoms with E-state index >= 15 is 0 Å². The van der Waals surface area contributed by atoms with E-state index in [2.05, 4.69) is 29.2 Å². The van der Waals surface area contributed by atoms with Gasteiger partial charge in [0.05, 0.1) is 12.2 Å². The summed E-state index contributed by atoms with van der Waals surface area (Å²) in [7, 11) is 7.97. The van der Waals surface area contributed by atoms with Crippen LogP contribution >= 0.6 is 0 Å². The maximum atomic E-state index is 4.60. The zero-order chi connectivity index (χ0) is 14.0. The molecule has 0 aliphatic heterocycles. The van der Waals surface area contributed by atoms with Crippen LogP contribution in [0.25, 0.3) is 5.65 Å². The van der Waals surface area contributed by atoms with Crippen LogP contribution in [0.2, 0.25) is 0 Å². The summed E-state index contributed by atoms with van der Waals surface area (Å²) in [5, 5.41) is 0. The average molecular weight is 259 g/mol. The molecular formula is C14H21N5. The lowest BCUT2D eigenvalue weighted by atomic mass is 10.3. The van der Waals surface area contributed by atoms with E-state index in [0.29, 0.717) is 6.54 Å². The summed E-state index contributed by atoms with van der Waals surface area (Å²) in [5.74, 6) is 0.938. The van der Waals surface area contributed by atoms with Crippen molar-refractivity contribution in [3.63, 3.8) is 0 Å². The van der Waals surface area contributed by atoms with E-state index in [1.807, 2.05) is 54.7 Å². The van der Waals surface area contributed by atoms with Gasteiger partial charge in [-0.2, -0.15) is 0 Å². The third-order valence-corrected chi connectivity index (χ3v) is 2.83. The highest BCUT2D eigenvalue weighted by Crippen LogP contribution is 2.08. The zero-order valence-corrected chi connectivity index (χ0v) is 12.3. The van der Waals surface area contributed by atoms with Crippen molar-refractivity contribution in [1.29, 1.82) is 0 Å². The Bertz CT molecular complexity index is 585. The van der Waals surface area contributed by atoms with Crippen LogP contribution in [0.4, 0.5) is 0 Å². The molecule has 0 radical (unpaired) electrons. The van der Waals surface area contributed by atoms with Crippen molar-refractivity contribution >= 4 is 11.6 Å². The molecule has 2 aromatic heterocycles. The lowest BCUT2D eigenvalue weighted by Crippen LogP contribution is -2.35. The molecule has 102 valence electrons. The highest BCUT2D eigenvalue weighted by Gasteiger charge is 2.05. The second kappa shape index (κ2) is 5.30. The van der Waals surface area contributed by atoms with Gasteiger partial charge >= 0.3 is 0 Å². The molecule has 0 aromatic carbocycles. The number of nitrogens with zero attached hydrogens (tertiary/aromatic N) is 5. The molecule has 0 bridgehead atoms. The zero-order valence-electron chi connectivity index (χ0n) is 12.3. The fourth-order valence-electron chi connectivity index (χ4n) is 2.07. The number of fused-ring (bicyclic) bond motifs is 1. The van der Waals surface area contributed by atoms with Gasteiger partial charge in [-0.1, -0.05) is 6.07 Å². The predicted octanol–water partition coefficient (Wildman–Crippen LogP) is 1.62. The molecule has 0 saturated heterocycles. The van der Waals surface area contributed by atoms with Gasteiger partial charge in [0.1, 0.15) is 5.65 Å². The summed E-state index contributed by atoms with van der Waals surface area (Å²) in [5.41, 5.74) is 3.17. The molecule has 0 unspecified atom stereocenters. The maximum absolute atomic E-state index is 4.60. The molecule has 5 nitrogen and oxygen atoms in total. The standard InChI is InChI=1S/C14H21N5/c1-11-6-7-13-16-12(10-19(13)9-11)8-15-14(17(2)3)18(4)5/h6-7,9-10H,8H2,1-5H3. The van der Waals surface area contributed by atoms with Gasteiger partial charge in [0.15, 0.2) is 5.96 Å².